The zero-order chi connectivity index (χ0) is 13.7. The Morgan fingerprint density at radius 2 is 2.11 bits per heavy atom. The summed E-state index contributed by atoms with van der Waals surface area (Å²) >= 11 is 5.35. The molecule has 19 heavy (non-hydrogen) atoms. The van der Waals surface area contributed by atoms with Crippen LogP contribution in [0.25, 0.3) is 0 Å². The lowest BCUT2D eigenvalue weighted by Gasteiger charge is -2.17. The number of halogens is 1. The highest BCUT2D eigenvalue weighted by Gasteiger charge is 2.12. The fourth-order valence-electron chi connectivity index (χ4n) is 1.91. The summed E-state index contributed by atoms with van der Waals surface area (Å²) < 4.78 is 6.68. The Morgan fingerprint density at radius 1 is 1.32 bits per heavy atom. The van der Waals surface area contributed by atoms with Gasteiger partial charge in [-0.25, -0.2) is 0 Å². The minimum Gasteiger partial charge on any atom is -0.377 e. The number of nitrogens with one attached hydrogen (secondary N) is 1. The monoisotopic (exact) mass is 339 g/mol. The van der Waals surface area contributed by atoms with Crippen LogP contribution in [0.1, 0.15) is 30.3 Å². The van der Waals surface area contributed by atoms with Crippen molar-refractivity contribution in [2.75, 3.05) is 11.9 Å². The van der Waals surface area contributed by atoms with Gasteiger partial charge in [0.15, 0.2) is 0 Å². The number of ether oxygens (including phenoxy) is 1. The summed E-state index contributed by atoms with van der Waals surface area (Å²) in [6, 6.07) is 10.7. The van der Waals surface area contributed by atoms with Crippen molar-refractivity contribution in [2.24, 2.45) is 0 Å². The van der Waals surface area contributed by atoms with Crippen LogP contribution in [0.2, 0.25) is 0 Å². The largest absolute Gasteiger partial charge is 0.377 e. The maximum atomic E-state index is 5.51. The van der Waals surface area contributed by atoms with Crippen LogP contribution in [0.15, 0.2) is 40.2 Å². The summed E-state index contributed by atoms with van der Waals surface area (Å²) in [6.07, 6.45) is 0. The zero-order valence-corrected chi connectivity index (χ0v) is 13.6. The third-order valence-corrected chi connectivity index (χ3v) is 4.94. The molecule has 0 saturated heterocycles. The summed E-state index contributed by atoms with van der Waals surface area (Å²) in [6.45, 7) is 5.58. The summed E-state index contributed by atoms with van der Waals surface area (Å²) in [5, 5.41) is 5.66. The summed E-state index contributed by atoms with van der Waals surface area (Å²) in [5.41, 5.74) is 2.34. The number of hydrogen-bond donors (Lipinski definition) is 1. The molecule has 0 bridgehead atoms. The van der Waals surface area contributed by atoms with Gasteiger partial charge in [-0.1, -0.05) is 18.2 Å². The molecule has 0 fully saturated rings. The standard InChI is InChI=1S/C15H18BrNOS/c1-3-18-10-12-6-4-5-7-14(12)17-11(2)15-13(16)8-9-19-15/h4-9,11,17H,3,10H2,1-2H3. The first-order valence-corrected chi connectivity index (χ1v) is 8.04. The molecule has 2 aromatic rings. The molecular weight excluding hydrogens is 322 g/mol. The van der Waals surface area contributed by atoms with Gasteiger partial charge >= 0.3 is 0 Å². The number of rotatable bonds is 6. The second-order valence-electron chi connectivity index (χ2n) is 4.29. The normalized spacial score (nSPS) is 12.4. The van der Waals surface area contributed by atoms with Gasteiger partial charge in [0.25, 0.3) is 0 Å². The molecule has 1 unspecified atom stereocenters. The molecule has 0 saturated carbocycles. The Balaban J connectivity index is 2.12. The first-order valence-electron chi connectivity index (χ1n) is 6.37. The molecule has 1 atom stereocenters. The highest BCUT2D eigenvalue weighted by Crippen LogP contribution is 2.31. The molecule has 2 nitrogen and oxygen atoms in total. The van der Waals surface area contributed by atoms with Crippen molar-refractivity contribution in [1.82, 2.24) is 0 Å². The quantitative estimate of drug-likeness (QED) is 0.778. The van der Waals surface area contributed by atoms with Crippen molar-refractivity contribution in [1.29, 1.82) is 0 Å². The van der Waals surface area contributed by atoms with Gasteiger partial charge in [-0.2, -0.15) is 0 Å². The predicted molar refractivity (Wildman–Crippen MR) is 85.8 cm³/mol. The number of anilines is 1. The van der Waals surface area contributed by atoms with Gasteiger partial charge in [0.2, 0.25) is 0 Å². The van der Waals surface area contributed by atoms with E-state index in [0.717, 1.165) is 12.3 Å². The SMILES string of the molecule is CCOCc1ccccc1NC(C)c1sccc1Br. The molecule has 102 valence electrons. The van der Waals surface area contributed by atoms with Crippen molar-refractivity contribution in [2.45, 2.75) is 26.5 Å². The third-order valence-electron chi connectivity index (χ3n) is 2.89. The molecule has 2 rings (SSSR count). The molecular formula is C15H18BrNOS. The Bertz CT molecular complexity index is 526. The highest BCUT2D eigenvalue weighted by molar-refractivity contribution is 9.10. The number of thiophene rings is 1. The number of para-hydroxylation sites is 1. The number of hydrogen-bond acceptors (Lipinski definition) is 3. The zero-order valence-electron chi connectivity index (χ0n) is 11.2. The van der Waals surface area contributed by atoms with Crippen molar-refractivity contribution in [3.8, 4) is 0 Å². The summed E-state index contributed by atoms with van der Waals surface area (Å²) in [5.74, 6) is 0. The van der Waals surface area contributed by atoms with E-state index in [2.05, 4.69) is 51.7 Å². The van der Waals surface area contributed by atoms with Crippen LogP contribution in [-0.4, -0.2) is 6.61 Å². The minimum atomic E-state index is 0.275. The summed E-state index contributed by atoms with van der Waals surface area (Å²) in [4.78, 5) is 1.31. The Kier molecular flexibility index (Phi) is 5.43. The van der Waals surface area contributed by atoms with Crippen LogP contribution in [0, 0.1) is 0 Å². The van der Waals surface area contributed by atoms with Gasteiger partial charge in [0.05, 0.1) is 12.6 Å². The smallest absolute Gasteiger partial charge is 0.0736 e. The van der Waals surface area contributed by atoms with E-state index in [1.54, 1.807) is 11.3 Å². The first kappa shape index (κ1) is 14.6. The molecule has 1 aromatic carbocycles. The lowest BCUT2D eigenvalue weighted by atomic mass is 10.1. The second-order valence-corrected chi connectivity index (χ2v) is 6.10. The van der Waals surface area contributed by atoms with E-state index in [4.69, 9.17) is 4.74 Å². The molecule has 1 aromatic heterocycles. The van der Waals surface area contributed by atoms with E-state index in [1.807, 2.05) is 19.1 Å². The van der Waals surface area contributed by atoms with Gasteiger partial charge < -0.3 is 10.1 Å². The van der Waals surface area contributed by atoms with E-state index >= 15 is 0 Å². The van der Waals surface area contributed by atoms with E-state index in [1.165, 1.54) is 14.9 Å². The van der Waals surface area contributed by atoms with Crippen LogP contribution in [0.4, 0.5) is 5.69 Å². The third kappa shape index (κ3) is 3.81. The number of benzene rings is 1. The molecule has 0 aliphatic rings. The van der Waals surface area contributed by atoms with E-state index in [0.29, 0.717) is 6.61 Å². The van der Waals surface area contributed by atoms with Crippen LogP contribution in [-0.2, 0) is 11.3 Å². The maximum Gasteiger partial charge on any atom is 0.0736 e. The van der Waals surface area contributed by atoms with Crippen molar-refractivity contribution < 1.29 is 4.74 Å². The second kappa shape index (κ2) is 7.08. The molecule has 0 spiro atoms. The van der Waals surface area contributed by atoms with Crippen LogP contribution in [0.5, 0.6) is 0 Å². The van der Waals surface area contributed by atoms with Gasteiger partial charge in [-0.15, -0.1) is 11.3 Å². The average Bonchev–Trinajstić information content (AvgIpc) is 2.84. The lowest BCUT2D eigenvalue weighted by molar-refractivity contribution is 0.134. The highest BCUT2D eigenvalue weighted by atomic mass is 79.9. The molecule has 1 N–H and O–H groups in total. The van der Waals surface area contributed by atoms with Crippen molar-refractivity contribution in [3.05, 3.63) is 50.6 Å². The predicted octanol–water partition coefficient (Wildman–Crippen LogP) is 5.22. The maximum absolute atomic E-state index is 5.51. The average molecular weight is 340 g/mol. The van der Waals surface area contributed by atoms with Crippen molar-refractivity contribution in [3.63, 3.8) is 0 Å². The fraction of sp³-hybridized carbons (Fsp3) is 0.333. The molecule has 0 radical (unpaired) electrons. The van der Waals surface area contributed by atoms with Crippen LogP contribution in [0.3, 0.4) is 0 Å². The van der Waals surface area contributed by atoms with Gasteiger partial charge in [0, 0.05) is 27.2 Å². The van der Waals surface area contributed by atoms with E-state index in [9.17, 15) is 0 Å². The van der Waals surface area contributed by atoms with E-state index in [-0.39, 0.29) is 6.04 Å². The van der Waals surface area contributed by atoms with Crippen LogP contribution >= 0.6 is 27.3 Å². The molecule has 1 heterocycles. The van der Waals surface area contributed by atoms with E-state index < -0.39 is 0 Å². The molecule has 0 amide bonds. The first-order chi connectivity index (χ1) is 9.22. The fourth-order valence-corrected chi connectivity index (χ4v) is 3.64. The van der Waals surface area contributed by atoms with Gasteiger partial charge in [-0.3, -0.25) is 0 Å². The van der Waals surface area contributed by atoms with Gasteiger partial charge in [-0.05, 0) is 47.3 Å². The Labute approximate surface area is 126 Å². The molecule has 4 heteroatoms. The topological polar surface area (TPSA) is 21.3 Å². The minimum absolute atomic E-state index is 0.275. The lowest BCUT2D eigenvalue weighted by Crippen LogP contribution is -2.08. The van der Waals surface area contributed by atoms with Crippen LogP contribution < -0.4 is 5.32 Å². The molecule has 0 aliphatic carbocycles. The Hall–Kier alpha value is -0.840. The molecule has 0 aliphatic heterocycles. The van der Waals surface area contributed by atoms with Crippen molar-refractivity contribution >= 4 is 33.0 Å². The van der Waals surface area contributed by atoms with Gasteiger partial charge in [0.1, 0.15) is 0 Å². The summed E-state index contributed by atoms with van der Waals surface area (Å²) in [7, 11) is 0. The Morgan fingerprint density at radius 3 is 2.79 bits per heavy atom.